The number of rotatable bonds is 6. The predicted octanol–water partition coefficient (Wildman–Crippen LogP) is 0.851. The fraction of sp³-hybridized carbons (Fsp3) is 0.889. The van der Waals surface area contributed by atoms with Gasteiger partial charge >= 0.3 is 0 Å². The molecule has 0 radical (unpaired) electrons. The van der Waals surface area contributed by atoms with Gasteiger partial charge in [-0.05, 0) is 27.7 Å². The van der Waals surface area contributed by atoms with Crippen molar-refractivity contribution in [3.05, 3.63) is 0 Å². The smallest absolute Gasteiger partial charge is 0.207 e. The highest BCUT2D eigenvalue weighted by atomic mass is 16.1. The van der Waals surface area contributed by atoms with Crippen molar-refractivity contribution in [2.75, 3.05) is 13.1 Å². The van der Waals surface area contributed by atoms with Crippen LogP contribution in [-0.2, 0) is 4.79 Å². The molecular formula is C9H20N2O. The fourth-order valence-corrected chi connectivity index (χ4v) is 1.37. The van der Waals surface area contributed by atoms with Crippen molar-refractivity contribution in [3.63, 3.8) is 0 Å². The highest BCUT2D eigenvalue weighted by Gasteiger charge is 2.11. The molecule has 0 saturated heterocycles. The summed E-state index contributed by atoms with van der Waals surface area (Å²) in [4.78, 5) is 12.3. The van der Waals surface area contributed by atoms with Gasteiger partial charge in [-0.2, -0.15) is 0 Å². The number of nitrogens with one attached hydrogen (secondary N) is 1. The van der Waals surface area contributed by atoms with Crippen LogP contribution in [0.1, 0.15) is 27.7 Å². The normalized spacial score (nSPS) is 11.2. The lowest BCUT2D eigenvalue weighted by Gasteiger charge is -2.30. The molecule has 0 saturated carbocycles. The molecule has 3 nitrogen and oxygen atoms in total. The Kier molecular flexibility index (Phi) is 5.72. The minimum Gasteiger partial charge on any atom is -0.357 e. The van der Waals surface area contributed by atoms with Gasteiger partial charge in [-0.1, -0.05) is 0 Å². The van der Waals surface area contributed by atoms with E-state index in [2.05, 4.69) is 37.9 Å². The van der Waals surface area contributed by atoms with E-state index in [0.717, 1.165) is 19.5 Å². The van der Waals surface area contributed by atoms with Gasteiger partial charge in [-0.15, -0.1) is 0 Å². The first-order chi connectivity index (χ1) is 5.59. The molecule has 0 aromatic carbocycles. The minimum absolute atomic E-state index is 0.540. The summed E-state index contributed by atoms with van der Waals surface area (Å²) < 4.78 is 0. The maximum absolute atomic E-state index is 10.00. The van der Waals surface area contributed by atoms with Crippen molar-refractivity contribution in [1.82, 2.24) is 10.2 Å². The van der Waals surface area contributed by atoms with Gasteiger partial charge in [-0.25, -0.2) is 0 Å². The summed E-state index contributed by atoms with van der Waals surface area (Å²) in [5, 5.41) is 2.67. The summed E-state index contributed by atoms with van der Waals surface area (Å²) >= 11 is 0. The summed E-state index contributed by atoms with van der Waals surface area (Å²) in [6.45, 7) is 10.3. The van der Waals surface area contributed by atoms with Crippen LogP contribution in [0.4, 0.5) is 0 Å². The zero-order chi connectivity index (χ0) is 9.56. The molecule has 1 N–H and O–H groups in total. The molecule has 0 aliphatic heterocycles. The van der Waals surface area contributed by atoms with Crippen LogP contribution in [0.2, 0.25) is 0 Å². The first kappa shape index (κ1) is 11.4. The molecule has 0 atom stereocenters. The van der Waals surface area contributed by atoms with Crippen LogP contribution < -0.4 is 5.32 Å². The number of carbonyl (C=O) groups is 1. The Morgan fingerprint density at radius 3 is 2.08 bits per heavy atom. The molecule has 0 heterocycles. The van der Waals surface area contributed by atoms with Crippen molar-refractivity contribution >= 4 is 6.41 Å². The second-order valence-corrected chi connectivity index (χ2v) is 3.50. The zero-order valence-corrected chi connectivity index (χ0v) is 8.50. The van der Waals surface area contributed by atoms with E-state index in [9.17, 15) is 4.79 Å². The minimum atomic E-state index is 0.540. The van der Waals surface area contributed by atoms with E-state index in [1.165, 1.54) is 0 Å². The van der Waals surface area contributed by atoms with Gasteiger partial charge < -0.3 is 5.32 Å². The van der Waals surface area contributed by atoms with E-state index >= 15 is 0 Å². The summed E-state index contributed by atoms with van der Waals surface area (Å²) in [5.41, 5.74) is 0. The molecule has 0 unspecified atom stereocenters. The lowest BCUT2D eigenvalue weighted by molar-refractivity contribution is -0.109. The van der Waals surface area contributed by atoms with Crippen LogP contribution in [0.15, 0.2) is 0 Å². The van der Waals surface area contributed by atoms with Gasteiger partial charge in [0.1, 0.15) is 0 Å². The Hall–Kier alpha value is -0.570. The highest BCUT2D eigenvalue weighted by molar-refractivity contribution is 5.45. The van der Waals surface area contributed by atoms with Crippen LogP contribution in [0.5, 0.6) is 0 Å². The fourth-order valence-electron chi connectivity index (χ4n) is 1.37. The Bertz CT molecular complexity index is 116. The standard InChI is InChI=1S/C9H20N2O/c1-8(2)11(9(3)4)6-5-10-7-12/h7-9H,5-6H2,1-4H3,(H,10,12). The molecule has 0 aromatic rings. The van der Waals surface area contributed by atoms with E-state index in [1.54, 1.807) is 0 Å². The number of nitrogens with zero attached hydrogens (tertiary/aromatic N) is 1. The second-order valence-electron chi connectivity index (χ2n) is 3.50. The molecule has 1 amide bonds. The van der Waals surface area contributed by atoms with Gasteiger partial charge in [0.2, 0.25) is 6.41 Å². The lowest BCUT2D eigenvalue weighted by Crippen LogP contribution is -2.41. The quantitative estimate of drug-likeness (QED) is 0.476. The van der Waals surface area contributed by atoms with Gasteiger partial charge in [0.05, 0.1) is 0 Å². The van der Waals surface area contributed by atoms with E-state index < -0.39 is 0 Å². The Morgan fingerprint density at radius 2 is 1.75 bits per heavy atom. The van der Waals surface area contributed by atoms with E-state index in [-0.39, 0.29) is 0 Å². The lowest BCUT2D eigenvalue weighted by atomic mass is 10.2. The first-order valence-electron chi connectivity index (χ1n) is 4.52. The predicted molar refractivity (Wildman–Crippen MR) is 51.0 cm³/mol. The number of hydrogen-bond donors (Lipinski definition) is 1. The van der Waals surface area contributed by atoms with Gasteiger partial charge in [-0.3, -0.25) is 9.69 Å². The van der Waals surface area contributed by atoms with Crippen LogP contribution >= 0.6 is 0 Å². The third kappa shape index (κ3) is 4.34. The van der Waals surface area contributed by atoms with Crippen LogP contribution in [0.3, 0.4) is 0 Å². The average Bonchev–Trinajstić information content (AvgIpc) is 1.96. The summed E-state index contributed by atoms with van der Waals surface area (Å²) in [6, 6.07) is 1.08. The monoisotopic (exact) mass is 172 g/mol. The summed E-state index contributed by atoms with van der Waals surface area (Å²) in [7, 11) is 0. The van der Waals surface area contributed by atoms with Gasteiger partial charge in [0.25, 0.3) is 0 Å². The largest absolute Gasteiger partial charge is 0.357 e. The highest BCUT2D eigenvalue weighted by Crippen LogP contribution is 2.02. The Balaban J connectivity index is 3.71. The van der Waals surface area contributed by atoms with E-state index in [1.807, 2.05) is 0 Å². The van der Waals surface area contributed by atoms with Crippen LogP contribution in [0.25, 0.3) is 0 Å². The summed E-state index contributed by atoms with van der Waals surface area (Å²) in [6.07, 6.45) is 0.749. The molecular weight excluding hydrogens is 152 g/mol. The first-order valence-corrected chi connectivity index (χ1v) is 4.52. The summed E-state index contributed by atoms with van der Waals surface area (Å²) in [5.74, 6) is 0. The SMILES string of the molecule is CC(C)N(CCNC=O)C(C)C. The maximum Gasteiger partial charge on any atom is 0.207 e. The van der Waals surface area contributed by atoms with Gasteiger partial charge in [0.15, 0.2) is 0 Å². The molecule has 0 aliphatic carbocycles. The van der Waals surface area contributed by atoms with Crippen molar-refractivity contribution in [1.29, 1.82) is 0 Å². The molecule has 0 spiro atoms. The molecule has 0 rings (SSSR count). The third-order valence-corrected chi connectivity index (χ3v) is 1.92. The average molecular weight is 172 g/mol. The van der Waals surface area contributed by atoms with Crippen LogP contribution in [-0.4, -0.2) is 36.5 Å². The topological polar surface area (TPSA) is 32.3 Å². The Morgan fingerprint density at radius 1 is 1.25 bits per heavy atom. The van der Waals surface area contributed by atoms with Crippen molar-refractivity contribution in [2.45, 2.75) is 39.8 Å². The van der Waals surface area contributed by atoms with Crippen molar-refractivity contribution in [2.24, 2.45) is 0 Å². The number of amides is 1. The zero-order valence-electron chi connectivity index (χ0n) is 8.50. The number of carbonyl (C=O) groups excluding carboxylic acids is 1. The maximum atomic E-state index is 10.00. The van der Waals surface area contributed by atoms with Gasteiger partial charge in [0, 0.05) is 25.2 Å². The van der Waals surface area contributed by atoms with Crippen molar-refractivity contribution in [3.8, 4) is 0 Å². The second kappa shape index (κ2) is 6.00. The molecule has 12 heavy (non-hydrogen) atoms. The molecule has 0 aliphatic rings. The van der Waals surface area contributed by atoms with E-state index in [4.69, 9.17) is 0 Å². The Labute approximate surface area is 75.1 Å². The molecule has 0 aromatic heterocycles. The number of hydrogen-bond acceptors (Lipinski definition) is 2. The van der Waals surface area contributed by atoms with Crippen LogP contribution in [0, 0.1) is 0 Å². The van der Waals surface area contributed by atoms with Crippen molar-refractivity contribution < 1.29 is 4.79 Å². The third-order valence-electron chi connectivity index (χ3n) is 1.92. The molecule has 0 fully saturated rings. The molecule has 3 heteroatoms. The molecule has 72 valence electrons. The molecule has 0 bridgehead atoms. The van der Waals surface area contributed by atoms with E-state index in [0.29, 0.717) is 12.1 Å².